The van der Waals surface area contributed by atoms with Gasteiger partial charge < -0.3 is 5.32 Å². The topological polar surface area (TPSA) is 15.3 Å². The molecular formula is C15H24N2. The highest BCUT2D eigenvalue weighted by molar-refractivity contribution is 5.32. The number of nitrogens with zero attached hydrogens (tertiary/aromatic N) is 1. The van der Waals surface area contributed by atoms with Crippen molar-refractivity contribution < 1.29 is 0 Å². The van der Waals surface area contributed by atoms with Crippen LogP contribution in [-0.2, 0) is 6.42 Å². The molecule has 1 atom stereocenters. The SMILES string of the molecule is CCN(CCNC)C1CCCc2ccccc21. The van der Waals surface area contributed by atoms with Gasteiger partial charge in [-0.25, -0.2) is 0 Å². The average Bonchev–Trinajstić information content (AvgIpc) is 2.40. The molecule has 1 unspecified atom stereocenters. The van der Waals surface area contributed by atoms with Crippen molar-refractivity contribution in [2.45, 2.75) is 32.2 Å². The van der Waals surface area contributed by atoms with Crippen LogP contribution in [0.3, 0.4) is 0 Å². The van der Waals surface area contributed by atoms with Gasteiger partial charge in [-0.3, -0.25) is 4.90 Å². The van der Waals surface area contributed by atoms with E-state index < -0.39 is 0 Å². The van der Waals surface area contributed by atoms with Gasteiger partial charge in [-0.15, -0.1) is 0 Å². The first-order chi connectivity index (χ1) is 8.36. The Morgan fingerprint density at radius 3 is 2.94 bits per heavy atom. The Morgan fingerprint density at radius 2 is 2.18 bits per heavy atom. The summed E-state index contributed by atoms with van der Waals surface area (Å²) in [6.07, 6.45) is 3.91. The van der Waals surface area contributed by atoms with Crippen molar-refractivity contribution in [3.63, 3.8) is 0 Å². The molecule has 2 heteroatoms. The van der Waals surface area contributed by atoms with Gasteiger partial charge in [0.05, 0.1) is 0 Å². The van der Waals surface area contributed by atoms with Crippen LogP contribution in [0.4, 0.5) is 0 Å². The van der Waals surface area contributed by atoms with Crippen LogP contribution in [0.25, 0.3) is 0 Å². The first kappa shape index (κ1) is 12.6. The van der Waals surface area contributed by atoms with Gasteiger partial charge in [0.15, 0.2) is 0 Å². The summed E-state index contributed by atoms with van der Waals surface area (Å²) in [5.41, 5.74) is 3.13. The zero-order chi connectivity index (χ0) is 12.1. The lowest BCUT2D eigenvalue weighted by Gasteiger charge is -2.35. The van der Waals surface area contributed by atoms with E-state index in [1.807, 2.05) is 7.05 Å². The third-order valence-corrected chi connectivity index (χ3v) is 3.83. The van der Waals surface area contributed by atoms with Crippen LogP contribution in [0.2, 0.25) is 0 Å². The Labute approximate surface area is 105 Å². The third kappa shape index (κ3) is 2.88. The van der Waals surface area contributed by atoms with E-state index in [-0.39, 0.29) is 0 Å². The van der Waals surface area contributed by atoms with Crippen molar-refractivity contribution in [3.8, 4) is 0 Å². The smallest absolute Gasteiger partial charge is 0.0351 e. The maximum atomic E-state index is 3.25. The summed E-state index contributed by atoms with van der Waals surface area (Å²) < 4.78 is 0. The highest BCUT2D eigenvalue weighted by atomic mass is 15.2. The zero-order valence-corrected chi connectivity index (χ0v) is 11.1. The number of fused-ring (bicyclic) bond motifs is 1. The molecule has 0 saturated carbocycles. The van der Waals surface area contributed by atoms with Crippen LogP contribution < -0.4 is 5.32 Å². The van der Waals surface area contributed by atoms with Crippen molar-refractivity contribution in [1.82, 2.24) is 10.2 Å². The Morgan fingerprint density at radius 1 is 1.35 bits per heavy atom. The Kier molecular flexibility index (Phi) is 4.57. The average molecular weight is 232 g/mol. The van der Waals surface area contributed by atoms with Crippen molar-refractivity contribution in [3.05, 3.63) is 35.4 Å². The summed E-state index contributed by atoms with van der Waals surface area (Å²) in [7, 11) is 2.03. The maximum absolute atomic E-state index is 3.25. The van der Waals surface area contributed by atoms with Gasteiger partial charge in [-0.05, 0) is 44.0 Å². The van der Waals surface area contributed by atoms with E-state index in [0.29, 0.717) is 6.04 Å². The minimum absolute atomic E-state index is 0.637. The number of rotatable bonds is 5. The van der Waals surface area contributed by atoms with Crippen molar-refractivity contribution in [2.75, 3.05) is 26.7 Å². The van der Waals surface area contributed by atoms with E-state index >= 15 is 0 Å². The molecule has 0 aromatic heterocycles. The normalized spacial score (nSPS) is 19.4. The first-order valence-electron chi connectivity index (χ1n) is 6.83. The summed E-state index contributed by atoms with van der Waals surface area (Å²) in [6.45, 7) is 5.63. The Hall–Kier alpha value is -0.860. The minimum Gasteiger partial charge on any atom is -0.318 e. The number of aryl methyl sites for hydroxylation is 1. The Balaban J connectivity index is 2.15. The second-order valence-electron chi connectivity index (χ2n) is 4.84. The quantitative estimate of drug-likeness (QED) is 0.839. The summed E-state index contributed by atoms with van der Waals surface area (Å²) in [5, 5.41) is 3.25. The minimum atomic E-state index is 0.637. The molecule has 1 aromatic carbocycles. The molecule has 1 aliphatic carbocycles. The molecule has 94 valence electrons. The van der Waals surface area contributed by atoms with Gasteiger partial charge in [-0.1, -0.05) is 31.2 Å². The van der Waals surface area contributed by atoms with Crippen LogP contribution in [0.5, 0.6) is 0 Å². The fourth-order valence-corrected chi connectivity index (χ4v) is 2.90. The molecule has 0 spiro atoms. The summed E-state index contributed by atoms with van der Waals surface area (Å²) in [5.74, 6) is 0. The molecule has 1 aromatic rings. The fraction of sp³-hybridized carbons (Fsp3) is 0.600. The second-order valence-corrected chi connectivity index (χ2v) is 4.84. The van der Waals surface area contributed by atoms with Gasteiger partial charge in [0.1, 0.15) is 0 Å². The van der Waals surface area contributed by atoms with Gasteiger partial charge in [0.2, 0.25) is 0 Å². The lowest BCUT2D eigenvalue weighted by atomic mass is 9.87. The summed E-state index contributed by atoms with van der Waals surface area (Å²) >= 11 is 0. The van der Waals surface area contributed by atoms with E-state index in [9.17, 15) is 0 Å². The summed E-state index contributed by atoms with van der Waals surface area (Å²) in [6, 6.07) is 9.61. The van der Waals surface area contributed by atoms with E-state index in [2.05, 4.69) is 41.4 Å². The molecular weight excluding hydrogens is 208 g/mol. The number of hydrogen-bond acceptors (Lipinski definition) is 2. The maximum Gasteiger partial charge on any atom is 0.0351 e. The summed E-state index contributed by atoms with van der Waals surface area (Å²) in [4.78, 5) is 2.61. The highest BCUT2D eigenvalue weighted by Crippen LogP contribution is 2.33. The van der Waals surface area contributed by atoms with E-state index in [0.717, 1.165) is 19.6 Å². The van der Waals surface area contributed by atoms with E-state index in [4.69, 9.17) is 0 Å². The molecule has 1 aliphatic rings. The van der Waals surface area contributed by atoms with Crippen molar-refractivity contribution in [1.29, 1.82) is 0 Å². The number of nitrogens with one attached hydrogen (secondary N) is 1. The lowest BCUT2D eigenvalue weighted by molar-refractivity contribution is 0.190. The fourth-order valence-electron chi connectivity index (χ4n) is 2.90. The molecule has 17 heavy (non-hydrogen) atoms. The van der Waals surface area contributed by atoms with Crippen molar-refractivity contribution in [2.24, 2.45) is 0 Å². The number of benzene rings is 1. The van der Waals surface area contributed by atoms with Crippen LogP contribution in [0.15, 0.2) is 24.3 Å². The van der Waals surface area contributed by atoms with Gasteiger partial charge in [-0.2, -0.15) is 0 Å². The largest absolute Gasteiger partial charge is 0.318 e. The van der Waals surface area contributed by atoms with Crippen molar-refractivity contribution >= 4 is 0 Å². The van der Waals surface area contributed by atoms with E-state index in [1.54, 1.807) is 11.1 Å². The van der Waals surface area contributed by atoms with Crippen LogP contribution >= 0.6 is 0 Å². The molecule has 0 bridgehead atoms. The second kappa shape index (κ2) is 6.18. The molecule has 0 radical (unpaired) electrons. The molecule has 2 rings (SSSR count). The Bertz CT molecular complexity index is 349. The number of likely N-dealkylation sites (N-methyl/N-ethyl adjacent to an activating group) is 2. The van der Waals surface area contributed by atoms with E-state index in [1.165, 1.54) is 19.3 Å². The molecule has 0 saturated heterocycles. The molecule has 0 aliphatic heterocycles. The highest BCUT2D eigenvalue weighted by Gasteiger charge is 2.24. The molecule has 0 fully saturated rings. The zero-order valence-electron chi connectivity index (χ0n) is 11.1. The van der Waals surface area contributed by atoms with Gasteiger partial charge >= 0.3 is 0 Å². The molecule has 2 nitrogen and oxygen atoms in total. The standard InChI is InChI=1S/C15H24N2/c1-3-17(12-11-16-2)15-10-6-8-13-7-4-5-9-14(13)15/h4-5,7,9,15-16H,3,6,8,10-12H2,1-2H3. The predicted octanol–water partition coefficient (Wildman–Crippen LogP) is 2.61. The molecule has 0 heterocycles. The van der Waals surface area contributed by atoms with Gasteiger partial charge in [0, 0.05) is 19.1 Å². The first-order valence-corrected chi connectivity index (χ1v) is 6.83. The third-order valence-electron chi connectivity index (χ3n) is 3.83. The molecule has 0 amide bonds. The lowest BCUT2D eigenvalue weighted by Crippen LogP contribution is -2.35. The monoisotopic (exact) mass is 232 g/mol. The van der Waals surface area contributed by atoms with Gasteiger partial charge in [0.25, 0.3) is 0 Å². The predicted molar refractivity (Wildman–Crippen MR) is 73.3 cm³/mol. The van der Waals surface area contributed by atoms with Crippen LogP contribution in [-0.4, -0.2) is 31.6 Å². The number of hydrogen-bond donors (Lipinski definition) is 1. The van der Waals surface area contributed by atoms with Crippen LogP contribution in [0, 0.1) is 0 Å². The van der Waals surface area contributed by atoms with Crippen LogP contribution in [0.1, 0.15) is 36.9 Å². The molecule has 1 N–H and O–H groups in total.